The van der Waals surface area contributed by atoms with Gasteiger partial charge in [-0.25, -0.2) is 19.9 Å². The van der Waals surface area contributed by atoms with Crippen molar-refractivity contribution in [2.45, 2.75) is 0 Å². The molecule has 4 heterocycles. The topological polar surface area (TPSA) is 91.8 Å². The molecule has 8 nitrogen and oxygen atoms in total. The minimum Gasteiger partial charge on any atom is -0.378 e. The summed E-state index contributed by atoms with van der Waals surface area (Å²) in [5, 5.41) is 4.24. The molecule has 0 radical (unpaired) electrons. The van der Waals surface area contributed by atoms with E-state index in [0.717, 1.165) is 32.0 Å². The Labute approximate surface area is 182 Å². The molecule has 3 aromatic heterocycles. The summed E-state index contributed by atoms with van der Waals surface area (Å²) in [5.74, 6) is 1.76. The van der Waals surface area contributed by atoms with Crippen LogP contribution in [-0.2, 0) is 4.74 Å². The normalized spacial score (nSPS) is 14.3. The zero-order chi connectivity index (χ0) is 20.5. The smallest absolute Gasteiger partial charge is 0.183 e. The monoisotopic (exact) mass is 441 g/mol. The van der Waals surface area contributed by atoms with Crippen LogP contribution in [0.1, 0.15) is 0 Å². The molecule has 0 spiro atoms. The molecule has 0 atom stereocenters. The Kier molecular flexibility index (Phi) is 5.12. The van der Waals surface area contributed by atoms with Crippen molar-refractivity contribution in [2.24, 2.45) is 0 Å². The molecule has 5 rings (SSSR count). The molecule has 1 aliphatic rings. The van der Waals surface area contributed by atoms with E-state index < -0.39 is 0 Å². The number of fused-ring (bicyclic) bond motifs is 1. The largest absolute Gasteiger partial charge is 0.378 e. The highest BCUT2D eigenvalue weighted by molar-refractivity contribution is 6.39. The standard InChI is InChI=1S/C20H17Cl2N7O/c21-13-2-1-3-14(22)16(13)18-27-17-19(24-11-25-20(17)28-18)26-15-5-4-12(10-23-15)29-6-8-30-9-7-29/h1-5,10-11H,6-9H2,(H2,23,24,25,26,27,28). The van der Waals surface area contributed by atoms with Crippen molar-refractivity contribution in [3.63, 3.8) is 0 Å². The maximum Gasteiger partial charge on any atom is 0.183 e. The second-order valence-corrected chi connectivity index (χ2v) is 7.54. The molecular weight excluding hydrogens is 425 g/mol. The number of nitrogens with zero attached hydrogens (tertiary/aromatic N) is 5. The number of imidazole rings is 1. The number of H-pyrrole nitrogens is 1. The minimum atomic E-state index is 0.503. The van der Waals surface area contributed by atoms with Crippen LogP contribution in [-0.4, -0.2) is 51.2 Å². The van der Waals surface area contributed by atoms with Crippen LogP contribution in [0.3, 0.4) is 0 Å². The van der Waals surface area contributed by atoms with Gasteiger partial charge in [-0.3, -0.25) is 0 Å². The first-order valence-electron chi connectivity index (χ1n) is 9.40. The zero-order valence-corrected chi connectivity index (χ0v) is 17.3. The molecule has 1 saturated heterocycles. The summed E-state index contributed by atoms with van der Waals surface area (Å²) in [6.45, 7) is 3.19. The summed E-state index contributed by atoms with van der Waals surface area (Å²) in [7, 11) is 0. The maximum absolute atomic E-state index is 6.32. The second-order valence-electron chi connectivity index (χ2n) is 6.73. The molecule has 10 heteroatoms. The van der Waals surface area contributed by atoms with Gasteiger partial charge in [-0.05, 0) is 24.3 Å². The lowest BCUT2D eigenvalue weighted by atomic mass is 10.2. The third-order valence-electron chi connectivity index (χ3n) is 4.86. The van der Waals surface area contributed by atoms with Gasteiger partial charge in [0.2, 0.25) is 0 Å². The fourth-order valence-electron chi connectivity index (χ4n) is 3.36. The van der Waals surface area contributed by atoms with Crippen LogP contribution in [0, 0.1) is 0 Å². The quantitative estimate of drug-likeness (QED) is 0.487. The van der Waals surface area contributed by atoms with Crippen LogP contribution in [0.5, 0.6) is 0 Å². The zero-order valence-electron chi connectivity index (χ0n) is 15.8. The van der Waals surface area contributed by atoms with Gasteiger partial charge in [0.15, 0.2) is 11.5 Å². The summed E-state index contributed by atoms with van der Waals surface area (Å²) in [6.07, 6.45) is 3.29. The molecule has 1 aromatic carbocycles. The maximum atomic E-state index is 6.32. The summed E-state index contributed by atoms with van der Waals surface area (Å²) in [6, 6.07) is 9.26. The first kappa shape index (κ1) is 19.0. The Balaban J connectivity index is 1.44. The van der Waals surface area contributed by atoms with Gasteiger partial charge in [-0.1, -0.05) is 29.3 Å². The summed E-state index contributed by atoms with van der Waals surface area (Å²) in [5.41, 5.74) is 2.83. The highest BCUT2D eigenvalue weighted by atomic mass is 35.5. The van der Waals surface area contributed by atoms with Crippen LogP contribution >= 0.6 is 23.2 Å². The van der Waals surface area contributed by atoms with Gasteiger partial charge < -0.3 is 19.9 Å². The van der Waals surface area contributed by atoms with Gasteiger partial charge in [0.05, 0.1) is 40.7 Å². The lowest BCUT2D eigenvalue weighted by Crippen LogP contribution is -2.36. The number of hydrogen-bond donors (Lipinski definition) is 2. The van der Waals surface area contributed by atoms with E-state index in [-0.39, 0.29) is 0 Å². The molecule has 0 bridgehead atoms. The molecule has 0 unspecified atom stereocenters. The third kappa shape index (κ3) is 3.65. The molecular formula is C20H17Cl2N7O. The first-order chi connectivity index (χ1) is 14.7. The van der Waals surface area contributed by atoms with E-state index in [1.165, 1.54) is 6.33 Å². The number of benzene rings is 1. The van der Waals surface area contributed by atoms with E-state index in [0.29, 0.717) is 44.2 Å². The van der Waals surface area contributed by atoms with Crippen LogP contribution in [0.15, 0.2) is 42.9 Å². The molecule has 1 aliphatic heterocycles. The molecule has 0 aliphatic carbocycles. The predicted molar refractivity (Wildman–Crippen MR) is 118 cm³/mol. The SMILES string of the molecule is Clc1cccc(Cl)c1-c1nc2ncnc(Nc3ccc(N4CCOCC4)cn3)c2[nH]1. The molecule has 1 fully saturated rings. The van der Waals surface area contributed by atoms with Crippen molar-refractivity contribution in [1.82, 2.24) is 24.9 Å². The number of morpholine rings is 1. The number of hydrogen-bond acceptors (Lipinski definition) is 7. The van der Waals surface area contributed by atoms with Gasteiger partial charge in [0.25, 0.3) is 0 Å². The number of anilines is 3. The lowest BCUT2D eigenvalue weighted by Gasteiger charge is -2.28. The molecule has 152 valence electrons. The Morgan fingerprint density at radius 3 is 2.53 bits per heavy atom. The summed E-state index contributed by atoms with van der Waals surface area (Å²) >= 11 is 12.6. The van der Waals surface area contributed by atoms with E-state index in [1.807, 2.05) is 18.3 Å². The van der Waals surface area contributed by atoms with E-state index in [9.17, 15) is 0 Å². The van der Waals surface area contributed by atoms with Crippen LogP contribution in [0.25, 0.3) is 22.6 Å². The van der Waals surface area contributed by atoms with E-state index in [2.05, 4.69) is 35.1 Å². The van der Waals surface area contributed by atoms with Crippen molar-refractivity contribution in [2.75, 3.05) is 36.5 Å². The Bertz CT molecular complexity index is 1170. The van der Waals surface area contributed by atoms with Crippen LogP contribution in [0.4, 0.5) is 17.3 Å². The van der Waals surface area contributed by atoms with Gasteiger partial charge in [0, 0.05) is 13.1 Å². The average Bonchev–Trinajstić information content (AvgIpc) is 3.20. The first-order valence-corrected chi connectivity index (χ1v) is 10.2. The van der Waals surface area contributed by atoms with E-state index >= 15 is 0 Å². The average molecular weight is 442 g/mol. The Morgan fingerprint density at radius 1 is 1.00 bits per heavy atom. The van der Waals surface area contributed by atoms with Gasteiger partial charge in [-0.2, -0.15) is 0 Å². The molecule has 0 saturated carbocycles. The number of pyridine rings is 1. The van der Waals surface area contributed by atoms with Crippen molar-refractivity contribution in [3.05, 3.63) is 52.9 Å². The van der Waals surface area contributed by atoms with Gasteiger partial charge in [0.1, 0.15) is 23.5 Å². The number of ether oxygens (including phenoxy) is 1. The van der Waals surface area contributed by atoms with Crippen molar-refractivity contribution >= 4 is 51.7 Å². The van der Waals surface area contributed by atoms with Crippen molar-refractivity contribution in [1.29, 1.82) is 0 Å². The van der Waals surface area contributed by atoms with Gasteiger partial charge in [-0.15, -0.1) is 0 Å². The third-order valence-corrected chi connectivity index (χ3v) is 5.49. The van der Waals surface area contributed by atoms with E-state index in [4.69, 9.17) is 27.9 Å². The Morgan fingerprint density at radius 2 is 1.80 bits per heavy atom. The predicted octanol–water partition coefficient (Wildman–Crippen LogP) is 4.30. The van der Waals surface area contributed by atoms with Crippen molar-refractivity contribution < 1.29 is 4.74 Å². The Hall–Kier alpha value is -2.94. The number of aromatic nitrogens is 5. The fourth-order valence-corrected chi connectivity index (χ4v) is 3.93. The highest BCUT2D eigenvalue weighted by Gasteiger charge is 2.16. The van der Waals surface area contributed by atoms with Gasteiger partial charge >= 0.3 is 0 Å². The molecule has 30 heavy (non-hydrogen) atoms. The van der Waals surface area contributed by atoms with Crippen LogP contribution < -0.4 is 10.2 Å². The molecule has 2 N–H and O–H groups in total. The summed E-state index contributed by atoms with van der Waals surface area (Å²) < 4.78 is 5.40. The summed E-state index contributed by atoms with van der Waals surface area (Å²) in [4.78, 5) is 23.1. The van der Waals surface area contributed by atoms with Crippen LogP contribution in [0.2, 0.25) is 10.0 Å². The highest BCUT2D eigenvalue weighted by Crippen LogP contribution is 2.34. The van der Waals surface area contributed by atoms with E-state index in [1.54, 1.807) is 18.2 Å². The fraction of sp³-hybridized carbons (Fsp3) is 0.200. The van der Waals surface area contributed by atoms with Crippen molar-refractivity contribution in [3.8, 4) is 11.4 Å². The number of halogens is 2. The number of aromatic amines is 1. The minimum absolute atomic E-state index is 0.503. The second kappa shape index (κ2) is 8.06. The molecule has 4 aromatic rings. The number of nitrogens with one attached hydrogen (secondary N) is 2. The lowest BCUT2D eigenvalue weighted by molar-refractivity contribution is 0.122. The number of rotatable bonds is 4. The molecule has 0 amide bonds.